The summed E-state index contributed by atoms with van der Waals surface area (Å²) in [6.07, 6.45) is -4.20. The maximum absolute atomic E-state index is 11.7. The van der Waals surface area contributed by atoms with Gasteiger partial charge in [0.1, 0.15) is 6.54 Å². The Kier molecular flexibility index (Phi) is 2.65. The Morgan fingerprint density at radius 3 is 2.54 bits per heavy atom. The van der Waals surface area contributed by atoms with E-state index in [4.69, 9.17) is 5.73 Å². The summed E-state index contributed by atoms with van der Waals surface area (Å²) in [5.74, 6) is 0. The minimum Gasteiger partial charge on any atom is -0.399 e. The third-order valence-corrected chi connectivity index (χ3v) is 1.38. The lowest BCUT2D eigenvalue weighted by Crippen LogP contribution is -2.21. The average molecular weight is 190 g/mol. The molecule has 0 aliphatic carbocycles. The molecule has 0 atom stereocenters. The van der Waals surface area contributed by atoms with Gasteiger partial charge in [0.15, 0.2) is 0 Å². The van der Waals surface area contributed by atoms with E-state index in [1.807, 2.05) is 0 Å². The summed E-state index contributed by atoms with van der Waals surface area (Å²) < 4.78 is 35.2. The van der Waals surface area contributed by atoms with Crippen LogP contribution >= 0.6 is 0 Å². The van der Waals surface area contributed by atoms with Gasteiger partial charge in [-0.05, 0) is 18.2 Å². The van der Waals surface area contributed by atoms with Crippen molar-refractivity contribution in [2.75, 3.05) is 17.6 Å². The molecule has 72 valence electrons. The third kappa shape index (κ3) is 3.68. The number of nitrogens with one attached hydrogen (secondary N) is 1. The highest BCUT2D eigenvalue weighted by molar-refractivity contribution is 5.54. The Labute approximate surface area is 73.5 Å². The smallest absolute Gasteiger partial charge is 0.399 e. The summed E-state index contributed by atoms with van der Waals surface area (Å²) in [5.41, 5.74) is 6.19. The Balaban J connectivity index is 2.55. The second-order valence-corrected chi connectivity index (χ2v) is 2.59. The highest BCUT2D eigenvalue weighted by atomic mass is 19.4. The molecule has 0 heterocycles. The highest BCUT2D eigenvalue weighted by Crippen LogP contribution is 2.17. The predicted octanol–water partition coefficient (Wildman–Crippen LogP) is 2.24. The van der Waals surface area contributed by atoms with Crippen LogP contribution in [0.1, 0.15) is 0 Å². The average Bonchev–Trinajstić information content (AvgIpc) is 2.00. The van der Waals surface area contributed by atoms with Crippen LogP contribution in [0.25, 0.3) is 0 Å². The van der Waals surface area contributed by atoms with Crippen molar-refractivity contribution in [3.8, 4) is 0 Å². The molecule has 1 rings (SSSR count). The van der Waals surface area contributed by atoms with Gasteiger partial charge >= 0.3 is 6.18 Å². The van der Waals surface area contributed by atoms with E-state index in [1.165, 1.54) is 12.1 Å². The van der Waals surface area contributed by atoms with Crippen LogP contribution in [0, 0.1) is 0 Å². The molecule has 13 heavy (non-hydrogen) atoms. The maximum atomic E-state index is 11.7. The predicted molar refractivity (Wildman–Crippen MR) is 45.4 cm³/mol. The van der Waals surface area contributed by atoms with E-state index in [1.54, 1.807) is 12.1 Å². The molecule has 5 heteroatoms. The topological polar surface area (TPSA) is 38.0 Å². The maximum Gasteiger partial charge on any atom is 0.405 e. The number of anilines is 2. The Hall–Kier alpha value is -1.39. The van der Waals surface area contributed by atoms with E-state index < -0.39 is 12.7 Å². The van der Waals surface area contributed by atoms with Crippen molar-refractivity contribution in [2.45, 2.75) is 6.18 Å². The molecule has 0 aliphatic rings. The molecular weight excluding hydrogens is 181 g/mol. The Morgan fingerprint density at radius 1 is 1.31 bits per heavy atom. The van der Waals surface area contributed by atoms with Gasteiger partial charge in [0.25, 0.3) is 0 Å². The first-order chi connectivity index (χ1) is 5.97. The Bertz CT molecular complexity index is 283. The van der Waals surface area contributed by atoms with Crippen molar-refractivity contribution in [2.24, 2.45) is 0 Å². The Morgan fingerprint density at radius 2 is 2.00 bits per heavy atom. The zero-order chi connectivity index (χ0) is 9.90. The summed E-state index contributed by atoms with van der Waals surface area (Å²) in [6, 6.07) is 6.18. The number of nitrogens with two attached hydrogens (primary N) is 1. The fourth-order valence-electron chi connectivity index (χ4n) is 0.851. The van der Waals surface area contributed by atoms with Crippen molar-refractivity contribution in [1.29, 1.82) is 0 Å². The van der Waals surface area contributed by atoms with Gasteiger partial charge in [-0.15, -0.1) is 0 Å². The van der Waals surface area contributed by atoms with Gasteiger partial charge in [0.05, 0.1) is 0 Å². The van der Waals surface area contributed by atoms with Crippen molar-refractivity contribution >= 4 is 11.4 Å². The van der Waals surface area contributed by atoms with E-state index >= 15 is 0 Å². The minimum absolute atomic E-state index is 0.373. The molecule has 0 spiro atoms. The molecular formula is C8H9F3N2. The summed E-state index contributed by atoms with van der Waals surface area (Å²) in [5, 5.41) is 2.22. The van der Waals surface area contributed by atoms with Gasteiger partial charge in [0.2, 0.25) is 0 Å². The fraction of sp³-hybridized carbons (Fsp3) is 0.250. The van der Waals surface area contributed by atoms with Crippen molar-refractivity contribution in [3.63, 3.8) is 0 Å². The molecule has 0 saturated heterocycles. The third-order valence-electron chi connectivity index (χ3n) is 1.38. The first-order valence-corrected chi connectivity index (χ1v) is 3.63. The number of hydrogen-bond acceptors (Lipinski definition) is 2. The molecule has 2 nitrogen and oxygen atoms in total. The van der Waals surface area contributed by atoms with Crippen LogP contribution in [0.2, 0.25) is 0 Å². The van der Waals surface area contributed by atoms with Gasteiger partial charge in [-0.3, -0.25) is 0 Å². The summed E-state index contributed by atoms with van der Waals surface area (Å²) in [7, 11) is 0. The number of rotatable bonds is 2. The number of nitrogen functional groups attached to an aromatic ring is 1. The van der Waals surface area contributed by atoms with Crippen LogP contribution in [0.3, 0.4) is 0 Å². The monoisotopic (exact) mass is 190 g/mol. The first kappa shape index (κ1) is 9.70. The highest BCUT2D eigenvalue weighted by Gasteiger charge is 2.26. The quantitative estimate of drug-likeness (QED) is 0.702. The minimum atomic E-state index is -4.20. The SMILES string of the molecule is Nc1cccc(NCC(F)(F)F)c1. The van der Waals surface area contributed by atoms with Crippen LogP contribution in [0.5, 0.6) is 0 Å². The largest absolute Gasteiger partial charge is 0.405 e. The lowest BCUT2D eigenvalue weighted by atomic mass is 10.3. The standard InChI is InChI=1S/C8H9F3N2/c9-8(10,11)5-13-7-3-1-2-6(12)4-7/h1-4,13H,5,12H2. The molecule has 3 N–H and O–H groups in total. The molecule has 0 aliphatic heterocycles. The number of alkyl halides is 3. The van der Waals surface area contributed by atoms with Crippen molar-refractivity contribution < 1.29 is 13.2 Å². The summed E-state index contributed by atoms with van der Waals surface area (Å²) in [4.78, 5) is 0. The van der Waals surface area contributed by atoms with Crippen molar-refractivity contribution in [1.82, 2.24) is 0 Å². The number of halogens is 3. The molecule has 0 radical (unpaired) electrons. The van der Waals surface area contributed by atoms with Gasteiger partial charge in [-0.1, -0.05) is 6.07 Å². The van der Waals surface area contributed by atoms with Crippen LogP contribution in [-0.2, 0) is 0 Å². The molecule has 0 unspecified atom stereocenters. The second kappa shape index (κ2) is 3.55. The molecule has 1 aromatic carbocycles. The lowest BCUT2D eigenvalue weighted by molar-refractivity contribution is -0.115. The summed E-state index contributed by atoms with van der Waals surface area (Å²) in [6.45, 7) is -1.05. The zero-order valence-electron chi connectivity index (χ0n) is 6.73. The van der Waals surface area contributed by atoms with E-state index in [0.717, 1.165) is 0 Å². The normalized spacial score (nSPS) is 11.3. The first-order valence-electron chi connectivity index (χ1n) is 3.63. The fourth-order valence-corrected chi connectivity index (χ4v) is 0.851. The van der Waals surface area contributed by atoms with E-state index in [-0.39, 0.29) is 0 Å². The molecule has 0 aromatic heterocycles. The van der Waals surface area contributed by atoms with Crippen LogP contribution < -0.4 is 11.1 Å². The zero-order valence-corrected chi connectivity index (χ0v) is 6.73. The van der Waals surface area contributed by atoms with Gasteiger partial charge in [-0.25, -0.2) is 0 Å². The van der Waals surface area contributed by atoms with Gasteiger partial charge in [0, 0.05) is 11.4 Å². The van der Waals surface area contributed by atoms with Crippen LogP contribution in [0.4, 0.5) is 24.5 Å². The number of benzene rings is 1. The van der Waals surface area contributed by atoms with Crippen molar-refractivity contribution in [3.05, 3.63) is 24.3 Å². The molecule has 0 amide bonds. The lowest BCUT2D eigenvalue weighted by Gasteiger charge is -2.09. The van der Waals surface area contributed by atoms with E-state index in [2.05, 4.69) is 5.32 Å². The molecule has 0 saturated carbocycles. The van der Waals surface area contributed by atoms with Crippen LogP contribution in [0.15, 0.2) is 24.3 Å². The van der Waals surface area contributed by atoms with Gasteiger partial charge in [-0.2, -0.15) is 13.2 Å². The number of hydrogen-bond donors (Lipinski definition) is 2. The van der Waals surface area contributed by atoms with E-state index in [0.29, 0.717) is 11.4 Å². The molecule has 0 bridgehead atoms. The second-order valence-electron chi connectivity index (χ2n) is 2.59. The van der Waals surface area contributed by atoms with Gasteiger partial charge < -0.3 is 11.1 Å². The molecule has 0 fully saturated rings. The molecule has 1 aromatic rings. The summed E-state index contributed by atoms with van der Waals surface area (Å²) >= 11 is 0. The van der Waals surface area contributed by atoms with Crippen LogP contribution in [-0.4, -0.2) is 12.7 Å². The van der Waals surface area contributed by atoms with E-state index in [9.17, 15) is 13.2 Å².